The number of fused-ring (bicyclic) bond motifs is 1. The number of rotatable bonds is 11. The van der Waals surface area contributed by atoms with Gasteiger partial charge in [-0.05, 0) is 62.2 Å². The van der Waals surface area contributed by atoms with Gasteiger partial charge in [-0.15, -0.1) is 11.8 Å². The monoisotopic (exact) mass is 420 g/mol. The van der Waals surface area contributed by atoms with Gasteiger partial charge in [-0.25, -0.2) is 0 Å². The molecule has 3 rings (SSSR count). The molecular weight excluding hydrogens is 380 g/mol. The molecule has 0 N–H and O–H groups in total. The van der Waals surface area contributed by atoms with E-state index in [2.05, 4.69) is 63.6 Å². The molecule has 3 atom stereocenters. The van der Waals surface area contributed by atoms with Gasteiger partial charge in [-0.1, -0.05) is 45.4 Å². The van der Waals surface area contributed by atoms with E-state index in [0.717, 1.165) is 92.6 Å². The third-order valence-electron chi connectivity index (χ3n) is 7.49. The lowest BCUT2D eigenvalue weighted by Gasteiger charge is -2.24. The smallest absolute Gasteiger partial charge is 0.125 e. The Hall–Kier alpha value is -2.34. The number of hydrogen-bond donors (Lipinski definition) is 0. The van der Waals surface area contributed by atoms with E-state index in [-0.39, 0.29) is 0 Å². The first-order valence-electron chi connectivity index (χ1n) is 11.7. The number of nitrogens with zero attached hydrogens (tertiary/aromatic N) is 2. The molecular formula is C28H40N2O. The van der Waals surface area contributed by atoms with Gasteiger partial charge in [0.25, 0.3) is 0 Å². The largest absolute Gasteiger partial charge is 0.380 e. The second kappa shape index (κ2) is 9.86. The van der Waals surface area contributed by atoms with Crippen molar-refractivity contribution in [2.24, 2.45) is 17.3 Å². The first-order valence-corrected chi connectivity index (χ1v) is 11.7. The topological polar surface area (TPSA) is 15.7 Å². The van der Waals surface area contributed by atoms with Gasteiger partial charge < -0.3 is 9.74 Å². The molecule has 0 aromatic rings. The first kappa shape index (κ1) is 23.3. The second-order valence-electron chi connectivity index (χ2n) is 9.90. The predicted molar refractivity (Wildman–Crippen MR) is 130 cm³/mol. The lowest BCUT2D eigenvalue weighted by Crippen LogP contribution is -2.20. The van der Waals surface area contributed by atoms with E-state index in [1.54, 1.807) is 5.06 Å². The maximum absolute atomic E-state index is 5.84. The molecule has 3 nitrogen and oxygen atoms in total. The Balaban J connectivity index is 1.35. The van der Waals surface area contributed by atoms with Gasteiger partial charge in [0.05, 0.1) is 11.4 Å². The molecule has 0 bridgehead atoms. The Bertz CT molecular complexity index is 810. The lowest BCUT2D eigenvalue weighted by atomic mass is 9.94. The lowest BCUT2D eigenvalue weighted by molar-refractivity contribution is -0.0511. The molecule has 168 valence electrons. The van der Waals surface area contributed by atoms with Gasteiger partial charge in [0.15, 0.2) is 0 Å². The van der Waals surface area contributed by atoms with Crippen molar-refractivity contribution < 1.29 is 4.84 Å². The van der Waals surface area contributed by atoms with Gasteiger partial charge in [0.1, 0.15) is 5.76 Å². The molecule has 0 spiro atoms. The average Bonchev–Trinajstić information content (AvgIpc) is 3.07. The highest BCUT2D eigenvalue weighted by molar-refractivity contribution is 5.18. The first-order chi connectivity index (χ1) is 14.7. The normalized spacial score (nSPS) is 26.8. The van der Waals surface area contributed by atoms with Crippen molar-refractivity contribution >= 4 is 0 Å². The predicted octanol–water partition coefficient (Wildman–Crippen LogP) is 6.95. The fourth-order valence-corrected chi connectivity index (χ4v) is 5.30. The Morgan fingerprint density at radius 3 is 2.52 bits per heavy atom. The van der Waals surface area contributed by atoms with Crippen LogP contribution in [0.4, 0.5) is 0 Å². The molecule has 1 saturated carbocycles. The highest BCUT2D eigenvalue weighted by atomic mass is 16.7. The zero-order valence-electron chi connectivity index (χ0n) is 19.8. The van der Waals surface area contributed by atoms with Gasteiger partial charge in [0, 0.05) is 38.6 Å². The van der Waals surface area contributed by atoms with E-state index >= 15 is 0 Å². The van der Waals surface area contributed by atoms with Crippen LogP contribution in [0.25, 0.3) is 0 Å². The van der Waals surface area contributed by atoms with Crippen molar-refractivity contribution in [3.8, 4) is 11.8 Å². The van der Waals surface area contributed by atoms with Crippen LogP contribution in [0.1, 0.15) is 71.1 Å². The zero-order valence-corrected chi connectivity index (χ0v) is 19.8. The van der Waals surface area contributed by atoms with Gasteiger partial charge in [-0.2, -0.15) is 5.06 Å². The third-order valence-corrected chi connectivity index (χ3v) is 7.49. The standard InChI is InChI=1S/C28H40N2O/c1-21(19-27-26-15-10-8-9-11-18-28(26,27)6)20-29(7)22(2)13-12-14-25(5)31-30-23(3)16-17-24(30)4/h26-27H,1-5,10-20H2,6-7H3/t26?,27-,28+/m0/s1. The minimum atomic E-state index is 0.486. The van der Waals surface area contributed by atoms with Gasteiger partial charge >= 0.3 is 0 Å². The molecule has 3 aliphatic rings. The summed E-state index contributed by atoms with van der Waals surface area (Å²) in [5, 5.41) is 1.74. The van der Waals surface area contributed by atoms with Crippen LogP contribution in [0.5, 0.6) is 0 Å². The van der Waals surface area contributed by atoms with Crippen molar-refractivity contribution in [2.75, 3.05) is 13.6 Å². The van der Waals surface area contributed by atoms with E-state index in [0.29, 0.717) is 5.41 Å². The van der Waals surface area contributed by atoms with E-state index in [1.807, 2.05) is 0 Å². The molecule has 0 radical (unpaired) electrons. The van der Waals surface area contributed by atoms with Gasteiger partial charge in [0.2, 0.25) is 0 Å². The van der Waals surface area contributed by atoms with E-state index in [4.69, 9.17) is 4.84 Å². The van der Waals surface area contributed by atoms with Crippen molar-refractivity contribution in [1.29, 1.82) is 0 Å². The Morgan fingerprint density at radius 2 is 1.81 bits per heavy atom. The van der Waals surface area contributed by atoms with Crippen molar-refractivity contribution in [3.63, 3.8) is 0 Å². The summed E-state index contributed by atoms with van der Waals surface area (Å²) in [6, 6.07) is 0. The summed E-state index contributed by atoms with van der Waals surface area (Å²) in [7, 11) is 2.13. The van der Waals surface area contributed by atoms with Crippen LogP contribution < -0.4 is 0 Å². The molecule has 1 unspecified atom stereocenters. The minimum absolute atomic E-state index is 0.486. The van der Waals surface area contributed by atoms with Crippen molar-refractivity contribution in [3.05, 3.63) is 61.3 Å². The average molecular weight is 421 g/mol. The van der Waals surface area contributed by atoms with Crippen LogP contribution in [0.15, 0.2) is 61.3 Å². The molecule has 3 heteroatoms. The fraction of sp³-hybridized carbons (Fsp3) is 0.571. The highest BCUT2D eigenvalue weighted by Crippen LogP contribution is 2.65. The van der Waals surface area contributed by atoms with Crippen LogP contribution in [0.3, 0.4) is 0 Å². The summed E-state index contributed by atoms with van der Waals surface area (Å²) in [6.45, 7) is 24.2. The summed E-state index contributed by atoms with van der Waals surface area (Å²) in [4.78, 5) is 8.10. The molecule has 31 heavy (non-hydrogen) atoms. The second-order valence-corrected chi connectivity index (χ2v) is 9.90. The Kier molecular flexibility index (Phi) is 7.42. The number of hydroxylamine groups is 2. The number of likely N-dealkylation sites (N-methyl/N-ethyl adjacent to an activating group) is 1. The summed E-state index contributed by atoms with van der Waals surface area (Å²) >= 11 is 0. The number of hydrogen-bond acceptors (Lipinski definition) is 3. The van der Waals surface area contributed by atoms with Crippen LogP contribution >= 0.6 is 0 Å². The van der Waals surface area contributed by atoms with E-state index in [1.165, 1.54) is 18.4 Å². The van der Waals surface area contributed by atoms with Crippen molar-refractivity contribution in [1.82, 2.24) is 9.96 Å². The van der Waals surface area contributed by atoms with Crippen LogP contribution in [0.2, 0.25) is 0 Å². The Morgan fingerprint density at radius 1 is 1.13 bits per heavy atom. The van der Waals surface area contributed by atoms with Crippen LogP contribution in [0, 0.1) is 29.1 Å². The summed E-state index contributed by atoms with van der Waals surface area (Å²) in [5.41, 5.74) is 4.86. The van der Waals surface area contributed by atoms with E-state index < -0.39 is 0 Å². The molecule has 0 amide bonds. The molecule has 0 aromatic heterocycles. The molecule has 1 saturated heterocycles. The maximum Gasteiger partial charge on any atom is 0.125 e. The Labute approximate surface area is 190 Å². The molecule has 2 aliphatic carbocycles. The van der Waals surface area contributed by atoms with E-state index in [9.17, 15) is 0 Å². The quantitative estimate of drug-likeness (QED) is 0.204. The number of allylic oxidation sites excluding steroid dienone is 4. The zero-order chi connectivity index (χ0) is 22.6. The molecule has 1 aliphatic heterocycles. The third kappa shape index (κ3) is 5.67. The molecule has 2 fully saturated rings. The van der Waals surface area contributed by atoms with Crippen LogP contribution in [-0.2, 0) is 4.84 Å². The minimum Gasteiger partial charge on any atom is -0.380 e. The summed E-state index contributed by atoms with van der Waals surface area (Å²) < 4.78 is 0. The summed E-state index contributed by atoms with van der Waals surface area (Å²) in [6.07, 6.45) is 10.3. The SMILES string of the molecule is C=C(C[C@H]1C2CCC#CCC[C@]21C)CN(C)C(=C)CCCC(=C)ON1C(=C)CCC1=C. The highest BCUT2D eigenvalue weighted by Gasteiger charge is 2.59. The maximum atomic E-state index is 5.84. The van der Waals surface area contributed by atoms with Gasteiger partial charge in [-0.3, -0.25) is 0 Å². The fourth-order valence-electron chi connectivity index (χ4n) is 5.30. The van der Waals surface area contributed by atoms with Crippen molar-refractivity contribution in [2.45, 2.75) is 71.1 Å². The van der Waals surface area contributed by atoms with Crippen LogP contribution in [-0.4, -0.2) is 23.6 Å². The summed E-state index contributed by atoms with van der Waals surface area (Å²) in [5.74, 6) is 9.00. The molecule has 1 heterocycles. The molecule has 0 aromatic carbocycles.